The molecule has 3 rings (SSSR count). The highest BCUT2D eigenvalue weighted by atomic mass is 16.5. The van der Waals surface area contributed by atoms with E-state index < -0.39 is 0 Å². The lowest BCUT2D eigenvalue weighted by Crippen LogP contribution is -2.48. The quantitative estimate of drug-likeness (QED) is 0.605. The number of rotatable bonds is 6. The Balaban J connectivity index is 1.42. The SMILES string of the molecule is CCc1cc(CNC(=NC)NC2CCN(Cc3cccc(C)c3)CC2)on1. The van der Waals surface area contributed by atoms with E-state index in [1.165, 1.54) is 11.1 Å². The molecule has 0 aliphatic carbocycles. The molecule has 2 N–H and O–H groups in total. The van der Waals surface area contributed by atoms with Gasteiger partial charge in [0.2, 0.25) is 0 Å². The summed E-state index contributed by atoms with van der Waals surface area (Å²) in [6.07, 6.45) is 3.13. The van der Waals surface area contributed by atoms with Crippen molar-refractivity contribution in [2.75, 3.05) is 20.1 Å². The molecule has 146 valence electrons. The maximum Gasteiger partial charge on any atom is 0.191 e. The predicted octanol–water partition coefficient (Wildman–Crippen LogP) is 2.88. The van der Waals surface area contributed by atoms with Gasteiger partial charge in [-0.25, -0.2) is 0 Å². The van der Waals surface area contributed by atoms with Crippen LogP contribution in [-0.4, -0.2) is 42.2 Å². The van der Waals surface area contributed by atoms with Gasteiger partial charge in [0.25, 0.3) is 0 Å². The van der Waals surface area contributed by atoms with Crippen molar-refractivity contribution >= 4 is 5.96 Å². The minimum Gasteiger partial charge on any atom is -0.359 e. The first-order valence-corrected chi connectivity index (χ1v) is 9.86. The van der Waals surface area contributed by atoms with Crippen LogP contribution in [-0.2, 0) is 19.5 Å². The second-order valence-corrected chi connectivity index (χ2v) is 7.25. The second kappa shape index (κ2) is 9.55. The van der Waals surface area contributed by atoms with Crippen molar-refractivity contribution in [3.63, 3.8) is 0 Å². The van der Waals surface area contributed by atoms with Gasteiger partial charge in [-0.3, -0.25) is 9.89 Å². The Labute approximate surface area is 162 Å². The summed E-state index contributed by atoms with van der Waals surface area (Å²) in [5, 5.41) is 10.9. The van der Waals surface area contributed by atoms with E-state index in [9.17, 15) is 0 Å². The molecule has 0 spiro atoms. The molecule has 6 heteroatoms. The van der Waals surface area contributed by atoms with Gasteiger partial charge in [-0.15, -0.1) is 0 Å². The Morgan fingerprint density at radius 3 is 2.78 bits per heavy atom. The van der Waals surface area contributed by atoms with Gasteiger partial charge in [0.15, 0.2) is 11.7 Å². The molecule has 1 saturated heterocycles. The topological polar surface area (TPSA) is 65.7 Å². The van der Waals surface area contributed by atoms with Crippen LogP contribution in [0.2, 0.25) is 0 Å². The Morgan fingerprint density at radius 2 is 2.11 bits per heavy atom. The van der Waals surface area contributed by atoms with Crippen molar-refractivity contribution in [2.24, 2.45) is 4.99 Å². The fourth-order valence-corrected chi connectivity index (χ4v) is 3.47. The zero-order valence-corrected chi connectivity index (χ0v) is 16.7. The van der Waals surface area contributed by atoms with Crippen molar-refractivity contribution in [3.05, 3.63) is 52.9 Å². The Hall–Kier alpha value is -2.34. The molecular weight excluding hydrogens is 338 g/mol. The smallest absolute Gasteiger partial charge is 0.191 e. The van der Waals surface area contributed by atoms with Crippen LogP contribution in [0.3, 0.4) is 0 Å². The maximum absolute atomic E-state index is 5.32. The summed E-state index contributed by atoms with van der Waals surface area (Å²) >= 11 is 0. The Kier molecular flexibility index (Phi) is 6.87. The molecule has 2 heterocycles. The highest BCUT2D eigenvalue weighted by molar-refractivity contribution is 5.79. The zero-order chi connectivity index (χ0) is 19.1. The minimum atomic E-state index is 0.450. The minimum absolute atomic E-state index is 0.450. The molecule has 6 nitrogen and oxygen atoms in total. The molecule has 1 aliphatic rings. The summed E-state index contributed by atoms with van der Waals surface area (Å²) in [6.45, 7) is 8.06. The van der Waals surface area contributed by atoms with E-state index in [1.54, 1.807) is 7.05 Å². The largest absolute Gasteiger partial charge is 0.359 e. The Morgan fingerprint density at radius 1 is 1.30 bits per heavy atom. The van der Waals surface area contributed by atoms with E-state index in [1.807, 2.05) is 6.07 Å². The number of aliphatic imine (C=N–C) groups is 1. The van der Waals surface area contributed by atoms with Crippen molar-refractivity contribution in [1.82, 2.24) is 20.7 Å². The third-order valence-electron chi connectivity index (χ3n) is 5.04. The van der Waals surface area contributed by atoms with Gasteiger partial charge < -0.3 is 15.2 Å². The molecule has 0 bridgehead atoms. The normalized spacial score (nSPS) is 16.5. The van der Waals surface area contributed by atoms with Gasteiger partial charge >= 0.3 is 0 Å². The molecule has 1 aliphatic heterocycles. The number of aryl methyl sites for hydroxylation is 2. The number of guanidine groups is 1. The van der Waals surface area contributed by atoms with Crippen LogP contribution in [0.15, 0.2) is 39.8 Å². The zero-order valence-electron chi connectivity index (χ0n) is 16.7. The fraction of sp³-hybridized carbons (Fsp3) is 0.524. The third kappa shape index (κ3) is 5.82. The molecule has 1 fully saturated rings. The molecule has 2 aromatic rings. The summed E-state index contributed by atoms with van der Waals surface area (Å²) in [5.41, 5.74) is 3.71. The predicted molar refractivity (Wildman–Crippen MR) is 109 cm³/mol. The highest BCUT2D eigenvalue weighted by Gasteiger charge is 2.20. The number of aromatic nitrogens is 1. The summed E-state index contributed by atoms with van der Waals surface area (Å²) in [4.78, 5) is 6.87. The van der Waals surface area contributed by atoms with Gasteiger partial charge in [0.05, 0.1) is 12.2 Å². The number of benzene rings is 1. The van der Waals surface area contributed by atoms with E-state index >= 15 is 0 Å². The maximum atomic E-state index is 5.32. The van der Waals surface area contributed by atoms with E-state index in [0.717, 1.165) is 56.3 Å². The Bertz CT molecular complexity index is 747. The molecule has 0 unspecified atom stereocenters. The van der Waals surface area contributed by atoms with Crippen LogP contribution in [0.4, 0.5) is 0 Å². The summed E-state index contributed by atoms with van der Waals surface area (Å²) in [7, 11) is 1.81. The van der Waals surface area contributed by atoms with Crippen LogP contribution >= 0.6 is 0 Å². The molecule has 0 radical (unpaired) electrons. The number of nitrogens with zero attached hydrogens (tertiary/aromatic N) is 3. The standard InChI is InChI=1S/C21H31N5O/c1-4-18-13-20(27-25-18)14-23-21(22-3)24-19-8-10-26(11-9-19)15-17-7-5-6-16(2)12-17/h5-7,12-13,19H,4,8-11,14-15H2,1-3H3,(H2,22,23,24). The number of nitrogens with one attached hydrogen (secondary N) is 2. The van der Waals surface area contributed by atoms with Gasteiger partial charge in [-0.05, 0) is 31.7 Å². The third-order valence-corrected chi connectivity index (χ3v) is 5.04. The van der Waals surface area contributed by atoms with Gasteiger partial charge in [0, 0.05) is 38.8 Å². The van der Waals surface area contributed by atoms with Crippen molar-refractivity contribution in [1.29, 1.82) is 0 Å². The van der Waals surface area contributed by atoms with Crippen molar-refractivity contribution < 1.29 is 4.52 Å². The van der Waals surface area contributed by atoms with Crippen LogP contribution in [0, 0.1) is 6.92 Å². The number of hydrogen-bond acceptors (Lipinski definition) is 4. The molecule has 1 aromatic carbocycles. The van der Waals surface area contributed by atoms with Crippen LogP contribution in [0.1, 0.15) is 42.3 Å². The van der Waals surface area contributed by atoms with E-state index in [2.05, 4.69) is 63.8 Å². The molecular formula is C21H31N5O. The lowest BCUT2D eigenvalue weighted by molar-refractivity contribution is 0.198. The molecule has 1 aromatic heterocycles. The molecule has 27 heavy (non-hydrogen) atoms. The summed E-state index contributed by atoms with van der Waals surface area (Å²) < 4.78 is 5.32. The lowest BCUT2D eigenvalue weighted by Gasteiger charge is -2.33. The summed E-state index contributed by atoms with van der Waals surface area (Å²) in [5.74, 6) is 1.66. The van der Waals surface area contributed by atoms with E-state index in [4.69, 9.17) is 4.52 Å². The van der Waals surface area contributed by atoms with Crippen LogP contribution in [0.25, 0.3) is 0 Å². The summed E-state index contributed by atoms with van der Waals surface area (Å²) in [6, 6.07) is 11.2. The molecule has 0 saturated carbocycles. The first kappa shape index (κ1) is 19.4. The van der Waals surface area contributed by atoms with Crippen molar-refractivity contribution in [3.8, 4) is 0 Å². The average Bonchev–Trinajstić information content (AvgIpc) is 3.14. The highest BCUT2D eigenvalue weighted by Crippen LogP contribution is 2.15. The van der Waals surface area contributed by atoms with Gasteiger partial charge in [-0.1, -0.05) is 41.9 Å². The van der Waals surface area contributed by atoms with Crippen molar-refractivity contribution in [2.45, 2.75) is 52.2 Å². The van der Waals surface area contributed by atoms with Gasteiger partial charge in [-0.2, -0.15) is 0 Å². The number of piperidine rings is 1. The van der Waals surface area contributed by atoms with E-state index in [0.29, 0.717) is 12.6 Å². The van der Waals surface area contributed by atoms with E-state index in [-0.39, 0.29) is 0 Å². The lowest BCUT2D eigenvalue weighted by atomic mass is 10.0. The first-order chi connectivity index (χ1) is 13.2. The monoisotopic (exact) mass is 369 g/mol. The average molecular weight is 370 g/mol. The second-order valence-electron chi connectivity index (χ2n) is 7.25. The number of hydrogen-bond donors (Lipinski definition) is 2. The van der Waals surface area contributed by atoms with Crippen LogP contribution < -0.4 is 10.6 Å². The fourth-order valence-electron chi connectivity index (χ4n) is 3.47. The van der Waals surface area contributed by atoms with Crippen LogP contribution in [0.5, 0.6) is 0 Å². The first-order valence-electron chi connectivity index (χ1n) is 9.86. The molecule has 0 amide bonds. The molecule has 0 atom stereocenters. The van der Waals surface area contributed by atoms with Gasteiger partial charge in [0.1, 0.15) is 0 Å². The number of likely N-dealkylation sites (tertiary alicyclic amines) is 1.